The summed E-state index contributed by atoms with van der Waals surface area (Å²) in [6.45, 7) is 3.10. The van der Waals surface area contributed by atoms with Gasteiger partial charge in [-0.2, -0.15) is 0 Å². The van der Waals surface area contributed by atoms with Crippen molar-refractivity contribution in [2.24, 2.45) is 0 Å². The Morgan fingerprint density at radius 3 is 2.20 bits per heavy atom. The van der Waals surface area contributed by atoms with Crippen LogP contribution in [0.4, 0.5) is 5.69 Å². The SMILES string of the molecule is Cc1cc(N(C(C)C(=O)Cl)S(=O)(=O)c2cc(Cl)ccc2Cl)ccc1Cl. The van der Waals surface area contributed by atoms with Gasteiger partial charge in [0.2, 0.25) is 5.24 Å². The molecule has 134 valence electrons. The zero-order valence-corrected chi connectivity index (χ0v) is 17.0. The summed E-state index contributed by atoms with van der Waals surface area (Å²) in [5.74, 6) is 0. The summed E-state index contributed by atoms with van der Waals surface area (Å²) in [6.07, 6.45) is 0. The van der Waals surface area contributed by atoms with E-state index in [4.69, 9.17) is 46.4 Å². The van der Waals surface area contributed by atoms with E-state index in [1.807, 2.05) is 0 Å². The van der Waals surface area contributed by atoms with Crippen LogP contribution in [0, 0.1) is 6.92 Å². The second-order valence-corrected chi connectivity index (χ2v) is 8.70. The lowest BCUT2D eigenvalue weighted by Crippen LogP contribution is -2.42. The van der Waals surface area contributed by atoms with Crippen molar-refractivity contribution in [1.29, 1.82) is 0 Å². The molecule has 1 unspecified atom stereocenters. The maximum atomic E-state index is 13.2. The number of anilines is 1. The molecule has 0 aliphatic carbocycles. The molecule has 0 N–H and O–H groups in total. The highest BCUT2D eigenvalue weighted by molar-refractivity contribution is 7.93. The van der Waals surface area contributed by atoms with E-state index < -0.39 is 21.3 Å². The van der Waals surface area contributed by atoms with Crippen molar-refractivity contribution in [1.82, 2.24) is 0 Å². The molecule has 9 heteroatoms. The van der Waals surface area contributed by atoms with Gasteiger partial charge in [0.05, 0.1) is 10.7 Å². The van der Waals surface area contributed by atoms with Crippen molar-refractivity contribution in [2.75, 3.05) is 4.31 Å². The van der Waals surface area contributed by atoms with Gasteiger partial charge in [0, 0.05) is 10.0 Å². The van der Waals surface area contributed by atoms with Crippen molar-refractivity contribution >= 4 is 67.4 Å². The first-order valence-corrected chi connectivity index (χ1v) is 9.96. The van der Waals surface area contributed by atoms with E-state index in [2.05, 4.69) is 0 Å². The quantitative estimate of drug-likeness (QED) is 0.592. The minimum Gasteiger partial charge on any atom is -0.279 e. The maximum absolute atomic E-state index is 13.2. The van der Waals surface area contributed by atoms with Crippen LogP contribution in [-0.4, -0.2) is 19.7 Å². The van der Waals surface area contributed by atoms with E-state index in [-0.39, 0.29) is 20.6 Å². The van der Waals surface area contributed by atoms with E-state index in [0.717, 1.165) is 4.31 Å². The molecule has 0 radical (unpaired) electrons. The zero-order valence-electron chi connectivity index (χ0n) is 13.1. The van der Waals surface area contributed by atoms with Crippen LogP contribution in [-0.2, 0) is 14.8 Å². The van der Waals surface area contributed by atoms with Gasteiger partial charge < -0.3 is 0 Å². The number of carbonyl (C=O) groups is 1. The van der Waals surface area contributed by atoms with Crippen molar-refractivity contribution in [3.8, 4) is 0 Å². The molecule has 4 nitrogen and oxygen atoms in total. The van der Waals surface area contributed by atoms with Crippen LogP contribution in [0.5, 0.6) is 0 Å². The molecule has 25 heavy (non-hydrogen) atoms. The number of hydrogen-bond acceptors (Lipinski definition) is 3. The molecule has 0 fully saturated rings. The number of carbonyl (C=O) groups excluding carboxylic acids is 1. The minimum atomic E-state index is -4.21. The largest absolute Gasteiger partial charge is 0.279 e. The number of aryl methyl sites for hydroxylation is 1. The molecule has 0 amide bonds. The molecule has 0 bridgehead atoms. The maximum Gasteiger partial charge on any atom is 0.266 e. The summed E-state index contributed by atoms with van der Waals surface area (Å²) in [5, 5.41) is -0.199. The van der Waals surface area contributed by atoms with Gasteiger partial charge in [-0.1, -0.05) is 34.8 Å². The predicted octanol–water partition coefficient (Wildman–Crippen LogP) is 5.30. The number of sulfonamides is 1. The standard InChI is InChI=1S/C16H13Cl4NO3S/c1-9-7-12(4-6-13(9)18)21(10(2)16(20)22)25(23,24)15-8-11(17)3-5-14(15)19/h3-8,10H,1-2H3. The third-order valence-corrected chi connectivity index (χ3v) is 6.86. The van der Waals surface area contributed by atoms with Crippen molar-refractivity contribution in [3.63, 3.8) is 0 Å². The van der Waals surface area contributed by atoms with E-state index in [0.29, 0.717) is 10.6 Å². The molecule has 0 aliphatic heterocycles. The Bertz CT molecular complexity index is 931. The van der Waals surface area contributed by atoms with E-state index >= 15 is 0 Å². The van der Waals surface area contributed by atoms with Crippen LogP contribution in [0.15, 0.2) is 41.3 Å². The molecule has 2 aromatic rings. The third kappa shape index (κ3) is 4.23. The highest BCUT2D eigenvalue weighted by Crippen LogP contribution is 2.33. The van der Waals surface area contributed by atoms with Gasteiger partial charge in [0.1, 0.15) is 10.9 Å². The van der Waals surface area contributed by atoms with Crippen LogP contribution in [0.2, 0.25) is 15.1 Å². The molecule has 0 spiro atoms. The number of hydrogen-bond donors (Lipinski definition) is 0. The highest BCUT2D eigenvalue weighted by Gasteiger charge is 2.34. The summed E-state index contributed by atoms with van der Waals surface area (Å²) in [6, 6.07) is 7.48. The fourth-order valence-corrected chi connectivity index (χ4v) is 4.83. The first-order valence-electron chi connectivity index (χ1n) is 7.00. The Morgan fingerprint density at radius 2 is 1.64 bits per heavy atom. The molecule has 2 rings (SSSR count). The molecule has 1 atom stereocenters. The fourth-order valence-electron chi connectivity index (χ4n) is 2.21. The van der Waals surface area contributed by atoms with Gasteiger partial charge in [0.25, 0.3) is 10.0 Å². The smallest absolute Gasteiger partial charge is 0.266 e. The van der Waals surface area contributed by atoms with Gasteiger partial charge in [-0.05, 0) is 67.4 Å². The molecular weight excluding hydrogens is 428 g/mol. The summed E-state index contributed by atoms with van der Waals surface area (Å²) in [4.78, 5) is 11.5. The molecule has 0 saturated heterocycles. The van der Waals surface area contributed by atoms with Crippen LogP contribution >= 0.6 is 46.4 Å². The number of rotatable bonds is 5. The normalized spacial score (nSPS) is 12.7. The van der Waals surface area contributed by atoms with Crippen LogP contribution in [0.1, 0.15) is 12.5 Å². The van der Waals surface area contributed by atoms with E-state index in [1.54, 1.807) is 19.1 Å². The predicted molar refractivity (Wildman–Crippen MR) is 103 cm³/mol. The second-order valence-electron chi connectivity index (χ2n) is 5.29. The molecule has 2 aromatic carbocycles. The second kappa shape index (κ2) is 7.72. The van der Waals surface area contributed by atoms with Crippen LogP contribution in [0.3, 0.4) is 0 Å². The molecule has 0 aliphatic rings. The average molecular weight is 441 g/mol. The van der Waals surface area contributed by atoms with Gasteiger partial charge in [0.15, 0.2) is 0 Å². The summed E-state index contributed by atoms with van der Waals surface area (Å²) in [7, 11) is -4.21. The summed E-state index contributed by atoms with van der Waals surface area (Å²) in [5.41, 5.74) is 0.880. The Labute approximate surface area is 166 Å². The first kappa shape index (κ1) is 20.3. The summed E-state index contributed by atoms with van der Waals surface area (Å²) < 4.78 is 27.3. The van der Waals surface area contributed by atoms with Crippen molar-refractivity contribution in [3.05, 3.63) is 57.0 Å². The van der Waals surface area contributed by atoms with Crippen molar-refractivity contribution < 1.29 is 13.2 Å². The lowest BCUT2D eigenvalue weighted by atomic mass is 10.2. The van der Waals surface area contributed by atoms with E-state index in [9.17, 15) is 13.2 Å². The molecule has 0 aromatic heterocycles. The summed E-state index contributed by atoms with van der Waals surface area (Å²) >= 11 is 23.5. The van der Waals surface area contributed by atoms with Crippen LogP contribution < -0.4 is 4.31 Å². The van der Waals surface area contributed by atoms with Gasteiger partial charge in [-0.25, -0.2) is 8.42 Å². The monoisotopic (exact) mass is 439 g/mol. The molecular formula is C16H13Cl4NO3S. The van der Waals surface area contributed by atoms with Crippen molar-refractivity contribution in [2.45, 2.75) is 24.8 Å². The van der Waals surface area contributed by atoms with Gasteiger partial charge in [-0.3, -0.25) is 9.10 Å². The third-order valence-electron chi connectivity index (χ3n) is 3.51. The Balaban J connectivity index is 2.72. The van der Waals surface area contributed by atoms with Gasteiger partial charge in [-0.15, -0.1) is 0 Å². The first-order chi connectivity index (χ1) is 11.6. The van der Waals surface area contributed by atoms with E-state index in [1.165, 1.54) is 31.2 Å². The van der Waals surface area contributed by atoms with Gasteiger partial charge >= 0.3 is 0 Å². The number of benzene rings is 2. The topological polar surface area (TPSA) is 54.5 Å². The minimum absolute atomic E-state index is 0.0192. The Hall–Kier alpha value is -0.980. The molecule has 0 saturated carbocycles. The highest BCUT2D eigenvalue weighted by atomic mass is 35.5. The fraction of sp³-hybridized carbons (Fsp3) is 0.188. The lowest BCUT2D eigenvalue weighted by Gasteiger charge is -2.29. The van der Waals surface area contributed by atoms with Crippen LogP contribution in [0.25, 0.3) is 0 Å². The number of nitrogens with zero attached hydrogens (tertiary/aromatic N) is 1. The Morgan fingerprint density at radius 1 is 1.04 bits per heavy atom. The zero-order chi connectivity index (χ0) is 18.9. The average Bonchev–Trinajstić information content (AvgIpc) is 2.52. The lowest BCUT2D eigenvalue weighted by molar-refractivity contribution is -0.112. The Kier molecular flexibility index (Phi) is 6.28. The number of halogens is 4. The molecule has 0 heterocycles.